The van der Waals surface area contributed by atoms with Gasteiger partial charge in [0.25, 0.3) is 5.91 Å². The molecule has 0 aliphatic carbocycles. The number of benzene rings is 1. The maximum absolute atomic E-state index is 12.4. The summed E-state index contributed by atoms with van der Waals surface area (Å²) in [6.45, 7) is 5.28. The summed E-state index contributed by atoms with van der Waals surface area (Å²) in [6, 6.07) is 5.57. The third-order valence-electron chi connectivity index (χ3n) is 3.00. The highest BCUT2D eigenvalue weighted by Crippen LogP contribution is 2.24. The summed E-state index contributed by atoms with van der Waals surface area (Å²) in [5.74, 6) is 0.721. The highest BCUT2D eigenvalue weighted by Gasteiger charge is 2.25. The first-order valence-corrected chi connectivity index (χ1v) is 7.27. The molecule has 1 aromatic rings. The van der Waals surface area contributed by atoms with Crippen molar-refractivity contribution in [1.29, 1.82) is 0 Å². The van der Waals surface area contributed by atoms with Crippen LogP contribution in [0.5, 0.6) is 5.75 Å². The van der Waals surface area contributed by atoms with Crippen molar-refractivity contribution in [3.8, 4) is 5.75 Å². The van der Waals surface area contributed by atoms with E-state index in [2.05, 4.69) is 15.9 Å². The molecule has 0 bridgehead atoms. The van der Waals surface area contributed by atoms with E-state index in [0.717, 1.165) is 17.4 Å². The lowest BCUT2D eigenvalue weighted by atomic mass is 10.2. The number of likely N-dealkylation sites (tertiary alicyclic amines) is 1. The molecule has 104 valence electrons. The lowest BCUT2D eigenvalue weighted by Crippen LogP contribution is -2.31. The predicted molar refractivity (Wildman–Crippen MR) is 78.4 cm³/mol. The van der Waals surface area contributed by atoms with E-state index in [4.69, 9.17) is 10.5 Å². The minimum absolute atomic E-state index is 0.0165. The second-order valence-electron chi connectivity index (χ2n) is 5.14. The molecule has 1 aliphatic rings. The summed E-state index contributed by atoms with van der Waals surface area (Å²) in [6.07, 6.45) is 0.951. The van der Waals surface area contributed by atoms with Gasteiger partial charge in [0.05, 0.1) is 6.10 Å². The van der Waals surface area contributed by atoms with Crippen LogP contribution in [0.3, 0.4) is 0 Å². The zero-order valence-corrected chi connectivity index (χ0v) is 12.8. The third kappa shape index (κ3) is 3.70. The van der Waals surface area contributed by atoms with Crippen LogP contribution in [0.1, 0.15) is 30.6 Å². The SMILES string of the molecule is CC(C)Oc1cc(Br)cc(C(=O)N2CC[C@H](N)C2)c1. The fourth-order valence-corrected chi connectivity index (χ4v) is 2.65. The Kier molecular flexibility index (Phi) is 4.47. The van der Waals surface area contributed by atoms with Crippen LogP contribution in [0.2, 0.25) is 0 Å². The predicted octanol–water partition coefficient (Wildman–Crippen LogP) is 2.41. The number of hydrogen-bond acceptors (Lipinski definition) is 3. The van der Waals surface area contributed by atoms with E-state index >= 15 is 0 Å². The van der Waals surface area contributed by atoms with Gasteiger partial charge in [-0.3, -0.25) is 4.79 Å². The van der Waals surface area contributed by atoms with E-state index in [1.165, 1.54) is 0 Å². The van der Waals surface area contributed by atoms with Crippen molar-refractivity contribution in [2.75, 3.05) is 13.1 Å². The van der Waals surface area contributed by atoms with E-state index in [-0.39, 0.29) is 18.1 Å². The molecule has 0 saturated carbocycles. The number of ether oxygens (including phenoxy) is 1. The van der Waals surface area contributed by atoms with Crippen LogP contribution < -0.4 is 10.5 Å². The zero-order chi connectivity index (χ0) is 14.0. The van der Waals surface area contributed by atoms with Gasteiger partial charge in [-0.1, -0.05) is 15.9 Å². The number of carbonyl (C=O) groups is 1. The van der Waals surface area contributed by atoms with Crippen LogP contribution in [-0.4, -0.2) is 36.0 Å². The standard InChI is InChI=1S/C14H19BrN2O2/c1-9(2)19-13-6-10(5-11(15)7-13)14(18)17-4-3-12(16)8-17/h5-7,9,12H,3-4,8,16H2,1-2H3/t12-/m0/s1. The number of halogens is 1. The molecule has 2 rings (SSSR count). The van der Waals surface area contributed by atoms with E-state index in [9.17, 15) is 4.79 Å². The lowest BCUT2D eigenvalue weighted by molar-refractivity contribution is 0.0790. The third-order valence-corrected chi connectivity index (χ3v) is 3.46. The molecule has 0 unspecified atom stereocenters. The summed E-state index contributed by atoms with van der Waals surface area (Å²) >= 11 is 3.42. The monoisotopic (exact) mass is 326 g/mol. The molecule has 0 radical (unpaired) electrons. The average molecular weight is 327 g/mol. The van der Waals surface area contributed by atoms with Crippen LogP contribution in [0.15, 0.2) is 22.7 Å². The normalized spacial score (nSPS) is 19.0. The topological polar surface area (TPSA) is 55.6 Å². The molecule has 1 fully saturated rings. The summed E-state index contributed by atoms with van der Waals surface area (Å²) in [5, 5.41) is 0. The smallest absolute Gasteiger partial charge is 0.254 e. The van der Waals surface area contributed by atoms with Crippen LogP contribution >= 0.6 is 15.9 Å². The second kappa shape index (κ2) is 5.92. The molecule has 1 heterocycles. The first-order valence-electron chi connectivity index (χ1n) is 6.48. The Morgan fingerprint density at radius 2 is 2.21 bits per heavy atom. The van der Waals surface area contributed by atoms with Gasteiger partial charge < -0.3 is 15.4 Å². The fraction of sp³-hybridized carbons (Fsp3) is 0.500. The molecule has 19 heavy (non-hydrogen) atoms. The van der Waals surface area contributed by atoms with Gasteiger partial charge in [-0.2, -0.15) is 0 Å². The fourth-order valence-electron chi connectivity index (χ4n) is 2.18. The van der Waals surface area contributed by atoms with E-state index in [1.807, 2.05) is 26.0 Å². The van der Waals surface area contributed by atoms with Crippen molar-refractivity contribution in [2.45, 2.75) is 32.4 Å². The Morgan fingerprint density at radius 1 is 1.47 bits per heavy atom. The Balaban J connectivity index is 2.19. The van der Waals surface area contributed by atoms with Gasteiger partial charge in [0.2, 0.25) is 0 Å². The minimum Gasteiger partial charge on any atom is -0.491 e. The van der Waals surface area contributed by atoms with E-state index < -0.39 is 0 Å². The molecule has 5 heteroatoms. The first-order chi connectivity index (χ1) is 8.95. The largest absolute Gasteiger partial charge is 0.491 e. The van der Waals surface area contributed by atoms with Crippen molar-refractivity contribution < 1.29 is 9.53 Å². The molecule has 1 atom stereocenters. The van der Waals surface area contributed by atoms with Crippen molar-refractivity contribution in [1.82, 2.24) is 4.90 Å². The van der Waals surface area contributed by atoms with Gasteiger partial charge in [0.1, 0.15) is 5.75 Å². The molecular weight excluding hydrogens is 308 g/mol. The highest BCUT2D eigenvalue weighted by molar-refractivity contribution is 9.10. The molecule has 0 spiro atoms. The molecule has 1 saturated heterocycles. The number of hydrogen-bond donors (Lipinski definition) is 1. The molecule has 0 aromatic heterocycles. The van der Waals surface area contributed by atoms with Gasteiger partial charge in [-0.15, -0.1) is 0 Å². The van der Waals surface area contributed by atoms with Crippen molar-refractivity contribution >= 4 is 21.8 Å². The van der Waals surface area contributed by atoms with Gasteiger partial charge in [-0.25, -0.2) is 0 Å². The molecule has 1 aliphatic heterocycles. The molecule has 4 nitrogen and oxygen atoms in total. The first kappa shape index (κ1) is 14.3. The summed E-state index contributed by atoms with van der Waals surface area (Å²) in [4.78, 5) is 14.2. The Hall–Kier alpha value is -1.07. The maximum atomic E-state index is 12.4. The number of carbonyl (C=O) groups excluding carboxylic acids is 1. The van der Waals surface area contributed by atoms with Crippen molar-refractivity contribution in [3.63, 3.8) is 0 Å². The van der Waals surface area contributed by atoms with Crippen LogP contribution in [0.4, 0.5) is 0 Å². The van der Waals surface area contributed by atoms with Crippen molar-refractivity contribution in [2.24, 2.45) is 5.73 Å². The van der Waals surface area contributed by atoms with Crippen LogP contribution in [0.25, 0.3) is 0 Å². The van der Waals surface area contributed by atoms with Gasteiger partial charge in [0, 0.05) is 29.2 Å². The Morgan fingerprint density at radius 3 is 2.79 bits per heavy atom. The van der Waals surface area contributed by atoms with Gasteiger partial charge in [-0.05, 0) is 38.5 Å². The number of amides is 1. The van der Waals surface area contributed by atoms with Crippen LogP contribution in [-0.2, 0) is 0 Å². The maximum Gasteiger partial charge on any atom is 0.254 e. The number of nitrogens with two attached hydrogens (primary N) is 1. The Labute approximate surface area is 122 Å². The summed E-state index contributed by atoms with van der Waals surface area (Å²) in [5.41, 5.74) is 6.48. The minimum atomic E-state index is 0.0165. The number of nitrogens with zero attached hydrogens (tertiary/aromatic N) is 1. The van der Waals surface area contributed by atoms with Crippen LogP contribution in [0, 0.1) is 0 Å². The second-order valence-corrected chi connectivity index (χ2v) is 6.06. The average Bonchev–Trinajstić information content (AvgIpc) is 2.73. The number of rotatable bonds is 3. The molecular formula is C14H19BrN2O2. The van der Waals surface area contributed by atoms with Gasteiger partial charge >= 0.3 is 0 Å². The Bertz CT molecular complexity index is 477. The summed E-state index contributed by atoms with van der Waals surface area (Å²) < 4.78 is 6.49. The molecule has 1 amide bonds. The highest BCUT2D eigenvalue weighted by atomic mass is 79.9. The van der Waals surface area contributed by atoms with E-state index in [1.54, 1.807) is 11.0 Å². The van der Waals surface area contributed by atoms with Gasteiger partial charge in [0.15, 0.2) is 0 Å². The summed E-state index contributed by atoms with van der Waals surface area (Å²) in [7, 11) is 0. The molecule has 2 N–H and O–H groups in total. The zero-order valence-electron chi connectivity index (χ0n) is 11.2. The van der Waals surface area contributed by atoms with Crippen molar-refractivity contribution in [3.05, 3.63) is 28.2 Å². The van der Waals surface area contributed by atoms with E-state index in [0.29, 0.717) is 17.9 Å². The lowest BCUT2D eigenvalue weighted by Gasteiger charge is -2.17. The quantitative estimate of drug-likeness (QED) is 0.928. The molecule has 1 aromatic carbocycles.